The summed E-state index contributed by atoms with van der Waals surface area (Å²) in [5.41, 5.74) is 1.64. The normalized spacial score (nSPS) is 10.2. The molecule has 0 fully saturated rings. The molecule has 2 aromatic heterocycles. The van der Waals surface area contributed by atoms with E-state index in [0.717, 1.165) is 22.8 Å². The summed E-state index contributed by atoms with van der Waals surface area (Å²) >= 11 is 1.11. The van der Waals surface area contributed by atoms with Gasteiger partial charge in [-0.05, 0) is 23.5 Å². The van der Waals surface area contributed by atoms with Crippen molar-refractivity contribution in [2.24, 2.45) is 0 Å². The average Bonchev–Trinajstić information content (AvgIpc) is 2.93. The van der Waals surface area contributed by atoms with Crippen LogP contribution in [0, 0.1) is 0 Å². The van der Waals surface area contributed by atoms with Gasteiger partial charge >= 0.3 is 0 Å². The van der Waals surface area contributed by atoms with Crippen LogP contribution < -0.4 is 10.1 Å². The molecular formula is C12H14N4O2S. The number of pyridine rings is 1. The Bertz CT molecular complexity index is 553. The molecule has 0 saturated carbocycles. The fourth-order valence-corrected chi connectivity index (χ4v) is 2.18. The maximum Gasteiger partial charge on any atom is 0.265 e. The van der Waals surface area contributed by atoms with Crippen molar-refractivity contribution in [1.82, 2.24) is 19.9 Å². The molecule has 1 amide bonds. The van der Waals surface area contributed by atoms with Gasteiger partial charge < -0.3 is 10.1 Å². The van der Waals surface area contributed by atoms with E-state index in [1.807, 2.05) is 13.0 Å². The first-order chi connectivity index (χ1) is 9.24. The molecule has 0 saturated heterocycles. The van der Waals surface area contributed by atoms with Gasteiger partial charge in [0.1, 0.15) is 4.88 Å². The van der Waals surface area contributed by atoms with E-state index in [1.54, 1.807) is 19.4 Å². The van der Waals surface area contributed by atoms with Gasteiger partial charge in [-0.3, -0.25) is 4.79 Å². The Kier molecular flexibility index (Phi) is 4.40. The van der Waals surface area contributed by atoms with Crippen LogP contribution in [0.15, 0.2) is 18.3 Å². The largest absolute Gasteiger partial charge is 0.481 e. The highest BCUT2D eigenvalue weighted by molar-refractivity contribution is 7.08. The fraction of sp³-hybridized carbons (Fsp3) is 0.333. The molecule has 2 heterocycles. The molecule has 0 aliphatic rings. The highest BCUT2D eigenvalue weighted by Gasteiger charge is 2.14. The van der Waals surface area contributed by atoms with E-state index in [4.69, 9.17) is 4.74 Å². The van der Waals surface area contributed by atoms with Crippen molar-refractivity contribution in [1.29, 1.82) is 0 Å². The van der Waals surface area contributed by atoms with Crippen LogP contribution in [0.2, 0.25) is 0 Å². The zero-order chi connectivity index (χ0) is 13.7. The van der Waals surface area contributed by atoms with E-state index in [2.05, 4.69) is 19.9 Å². The molecule has 2 aromatic rings. The number of hydrogen-bond donors (Lipinski definition) is 1. The van der Waals surface area contributed by atoms with E-state index in [-0.39, 0.29) is 5.91 Å². The molecule has 100 valence electrons. The minimum atomic E-state index is -0.150. The van der Waals surface area contributed by atoms with E-state index in [0.29, 0.717) is 23.7 Å². The molecule has 0 aromatic carbocycles. The molecule has 0 aliphatic heterocycles. The van der Waals surface area contributed by atoms with Gasteiger partial charge in [-0.2, -0.15) is 0 Å². The first-order valence-corrected chi connectivity index (χ1v) is 6.60. The predicted octanol–water partition coefficient (Wildman–Crippen LogP) is 1.43. The summed E-state index contributed by atoms with van der Waals surface area (Å²) in [6, 6.07) is 3.62. The Balaban J connectivity index is 1.96. The molecule has 6 nitrogen and oxygen atoms in total. The molecular weight excluding hydrogens is 264 g/mol. The van der Waals surface area contributed by atoms with Crippen LogP contribution in [0.25, 0.3) is 0 Å². The van der Waals surface area contributed by atoms with Gasteiger partial charge in [-0.15, -0.1) is 5.10 Å². The Hall–Kier alpha value is -2.02. The van der Waals surface area contributed by atoms with Gasteiger partial charge in [-0.25, -0.2) is 4.98 Å². The first kappa shape index (κ1) is 13.4. The summed E-state index contributed by atoms with van der Waals surface area (Å²) in [6.45, 7) is 2.36. The first-order valence-electron chi connectivity index (χ1n) is 5.83. The zero-order valence-corrected chi connectivity index (χ0v) is 11.5. The topological polar surface area (TPSA) is 77.0 Å². The highest BCUT2D eigenvalue weighted by atomic mass is 32.1. The molecule has 19 heavy (non-hydrogen) atoms. The minimum Gasteiger partial charge on any atom is -0.481 e. The van der Waals surface area contributed by atoms with Crippen LogP contribution in [-0.2, 0) is 13.0 Å². The smallest absolute Gasteiger partial charge is 0.265 e. The second kappa shape index (κ2) is 6.24. The van der Waals surface area contributed by atoms with Crippen LogP contribution in [0.3, 0.4) is 0 Å². The standard InChI is InChI=1S/C12H14N4O2S/c1-3-9-11(19-16-15-9)12(17)14-7-8-4-5-10(18-2)13-6-8/h4-6H,3,7H2,1-2H3,(H,14,17). The highest BCUT2D eigenvalue weighted by Crippen LogP contribution is 2.11. The van der Waals surface area contributed by atoms with E-state index in [1.165, 1.54) is 0 Å². The number of carbonyl (C=O) groups excluding carboxylic acids is 1. The number of nitrogens with one attached hydrogen (secondary N) is 1. The fourth-order valence-electron chi connectivity index (χ4n) is 1.51. The van der Waals surface area contributed by atoms with Crippen molar-refractivity contribution in [2.75, 3.05) is 7.11 Å². The van der Waals surface area contributed by atoms with Crippen molar-refractivity contribution in [3.63, 3.8) is 0 Å². The van der Waals surface area contributed by atoms with E-state index < -0.39 is 0 Å². The maximum absolute atomic E-state index is 12.0. The number of methoxy groups -OCH3 is 1. The lowest BCUT2D eigenvalue weighted by atomic mass is 10.2. The summed E-state index contributed by atoms with van der Waals surface area (Å²) in [4.78, 5) is 16.6. The lowest BCUT2D eigenvalue weighted by Gasteiger charge is -2.05. The summed E-state index contributed by atoms with van der Waals surface area (Å²) in [7, 11) is 1.56. The van der Waals surface area contributed by atoms with Gasteiger partial charge in [-0.1, -0.05) is 17.5 Å². The monoisotopic (exact) mass is 278 g/mol. The molecule has 0 bridgehead atoms. The molecule has 0 atom stereocenters. The second-order valence-corrected chi connectivity index (χ2v) is 4.55. The van der Waals surface area contributed by atoms with Crippen LogP contribution in [0.4, 0.5) is 0 Å². The zero-order valence-electron chi connectivity index (χ0n) is 10.7. The molecule has 2 rings (SSSR count). The molecule has 0 radical (unpaired) electrons. The molecule has 0 unspecified atom stereocenters. The van der Waals surface area contributed by atoms with Crippen molar-refractivity contribution in [3.05, 3.63) is 34.5 Å². The Morgan fingerprint density at radius 2 is 2.32 bits per heavy atom. The van der Waals surface area contributed by atoms with Crippen LogP contribution >= 0.6 is 11.5 Å². The lowest BCUT2D eigenvalue weighted by molar-refractivity contribution is 0.0954. The third-order valence-corrected chi connectivity index (χ3v) is 3.32. The number of nitrogens with zero attached hydrogens (tertiary/aromatic N) is 3. The number of aromatic nitrogens is 3. The number of rotatable bonds is 5. The van der Waals surface area contributed by atoms with Crippen LogP contribution in [0.1, 0.15) is 27.9 Å². The van der Waals surface area contributed by atoms with Crippen molar-refractivity contribution in [3.8, 4) is 5.88 Å². The SMILES string of the molecule is CCc1nnsc1C(=O)NCc1ccc(OC)nc1. The summed E-state index contributed by atoms with van der Waals surface area (Å²) in [6.07, 6.45) is 2.37. The van der Waals surface area contributed by atoms with Gasteiger partial charge in [0.2, 0.25) is 5.88 Å². The van der Waals surface area contributed by atoms with Crippen LogP contribution in [-0.4, -0.2) is 27.6 Å². The van der Waals surface area contributed by atoms with Crippen molar-refractivity contribution < 1.29 is 9.53 Å². The summed E-state index contributed by atoms with van der Waals surface area (Å²) in [5.74, 6) is 0.401. The van der Waals surface area contributed by atoms with Gasteiger partial charge in [0.15, 0.2) is 0 Å². The van der Waals surface area contributed by atoms with Crippen LogP contribution in [0.5, 0.6) is 5.88 Å². The number of aryl methyl sites for hydroxylation is 1. The number of hydrogen-bond acceptors (Lipinski definition) is 6. The molecule has 0 aliphatic carbocycles. The van der Waals surface area contributed by atoms with E-state index >= 15 is 0 Å². The minimum absolute atomic E-state index is 0.150. The number of ether oxygens (including phenoxy) is 1. The van der Waals surface area contributed by atoms with Gasteiger partial charge in [0.05, 0.1) is 12.8 Å². The quantitative estimate of drug-likeness (QED) is 0.895. The molecule has 1 N–H and O–H groups in total. The average molecular weight is 278 g/mol. The summed E-state index contributed by atoms with van der Waals surface area (Å²) in [5, 5.41) is 6.74. The Morgan fingerprint density at radius 1 is 1.47 bits per heavy atom. The molecule has 0 spiro atoms. The van der Waals surface area contributed by atoms with Crippen molar-refractivity contribution in [2.45, 2.75) is 19.9 Å². The Morgan fingerprint density at radius 3 is 2.95 bits per heavy atom. The Labute approximate surface area is 115 Å². The van der Waals surface area contributed by atoms with E-state index in [9.17, 15) is 4.79 Å². The lowest BCUT2D eigenvalue weighted by Crippen LogP contribution is -2.23. The third kappa shape index (κ3) is 3.25. The second-order valence-electron chi connectivity index (χ2n) is 3.79. The third-order valence-electron chi connectivity index (χ3n) is 2.56. The van der Waals surface area contributed by atoms with Crippen molar-refractivity contribution >= 4 is 17.4 Å². The van der Waals surface area contributed by atoms with Gasteiger partial charge in [0.25, 0.3) is 5.91 Å². The number of amides is 1. The number of carbonyl (C=O) groups is 1. The summed E-state index contributed by atoms with van der Waals surface area (Å²) < 4.78 is 8.76. The van der Waals surface area contributed by atoms with Gasteiger partial charge in [0, 0.05) is 18.8 Å². The predicted molar refractivity (Wildman–Crippen MR) is 71.2 cm³/mol. The molecule has 7 heteroatoms. The maximum atomic E-state index is 12.0.